The van der Waals surface area contributed by atoms with Gasteiger partial charge >= 0.3 is 0 Å². The highest BCUT2D eigenvalue weighted by molar-refractivity contribution is 7.26. The van der Waals surface area contributed by atoms with Crippen molar-refractivity contribution in [3.05, 3.63) is 146 Å². The predicted octanol–water partition coefficient (Wildman–Crippen LogP) is 11.4. The Morgan fingerprint density at radius 1 is 0.458 bits per heavy atom. The molecule has 4 heterocycles. The van der Waals surface area contributed by atoms with Crippen LogP contribution in [-0.2, 0) is 0 Å². The normalized spacial score (nSPS) is 11.8. The van der Waals surface area contributed by atoms with Crippen LogP contribution in [0.2, 0.25) is 0 Å². The number of hydrogen-bond acceptors (Lipinski definition) is 6. The second kappa shape index (κ2) is 10.7. The number of fused-ring (bicyclic) bond motifs is 7. The van der Waals surface area contributed by atoms with Gasteiger partial charge in [-0.15, -0.1) is 11.3 Å². The zero-order valence-electron chi connectivity index (χ0n) is 25.5. The van der Waals surface area contributed by atoms with E-state index in [1.54, 1.807) is 11.3 Å². The third-order valence-electron chi connectivity index (χ3n) is 8.92. The number of aromatic nitrogens is 4. The molecule has 0 saturated carbocycles. The van der Waals surface area contributed by atoms with Crippen molar-refractivity contribution in [1.82, 2.24) is 19.9 Å². The second-order valence-corrected chi connectivity index (χ2v) is 12.8. The van der Waals surface area contributed by atoms with E-state index < -0.39 is 0 Å². The van der Waals surface area contributed by atoms with E-state index in [0.29, 0.717) is 11.6 Å². The van der Waals surface area contributed by atoms with Crippen molar-refractivity contribution in [3.63, 3.8) is 0 Å². The van der Waals surface area contributed by atoms with Crippen LogP contribution in [0, 0.1) is 0 Å². The number of rotatable bonds is 4. The Morgan fingerprint density at radius 2 is 1.08 bits per heavy atom. The molecule has 0 radical (unpaired) electrons. The van der Waals surface area contributed by atoms with E-state index in [2.05, 4.69) is 91.0 Å². The van der Waals surface area contributed by atoms with E-state index in [-0.39, 0.29) is 0 Å². The molecule has 0 fully saturated rings. The highest BCUT2D eigenvalue weighted by Gasteiger charge is 2.22. The topological polar surface area (TPSA) is 64.7 Å². The van der Waals surface area contributed by atoms with E-state index in [0.717, 1.165) is 82.1 Å². The summed E-state index contributed by atoms with van der Waals surface area (Å²) in [4.78, 5) is 20.7. The first-order valence-electron chi connectivity index (χ1n) is 15.8. The van der Waals surface area contributed by atoms with Crippen molar-refractivity contribution < 1.29 is 4.42 Å². The molecule has 0 unspecified atom stereocenters. The molecule has 0 aliphatic rings. The Kier molecular flexibility index (Phi) is 5.98. The van der Waals surface area contributed by atoms with Crippen LogP contribution in [-0.4, -0.2) is 19.9 Å². The minimum atomic E-state index is 0.629. The fourth-order valence-electron chi connectivity index (χ4n) is 6.73. The number of furan rings is 1. The van der Waals surface area contributed by atoms with Crippen molar-refractivity contribution in [3.8, 4) is 45.3 Å². The molecule has 5 nitrogen and oxygen atoms in total. The smallest absolute Gasteiger partial charge is 0.164 e. The average molecular weight is 633 g/mol. The first-order valence-corrected chi connectivity index (χ1v) is 16.6. The summed E-state index contributed by atoms with van der Waals surface area (Å²) in [5, 5.41) is 4.08. The van der Waals surface area contributed by atoms with Crippen LogP contribution in [0.15, 0.2) is 150 Å². The van der Waals surface area contributed by atoms with Crippen molar-refractivity contribution in [2.45, 2.75) is 0 Å². The fourth-order valence-corrected chi connectivity index (χ4v) is 7.88. The molecule has 224 valence electrons. The summed E-state index contributed by atoms with van der Waals surface area (Å²) in [7, 11) is 0. The van der Waals surface area contributed by atoms with Crippen LogP contribution in [0.4, 0.5) is 0 Å². The Hall–Kier alpha value is -6.24. The van der Waals surface area contributed by atoms with Crippen LogP contribution in [0.3, 0.4) is 0 Å². The summed E-state index contributed by atoms with van der Waals surface area (Å²) in [6, 6.07) is 49.6. The van der Waals surface area contributed by atoms with Gasteiger partial charge in [-0.05, 0) is 24.3 Å². The van der Waals surface area contributed by atoms with E-state index in [4.69, 9.17) is 24.4 Å². The van der Waals surface area contributed by atoms with Crippen molar-refractivity contribution in [1.29, 1.82) is 0 Å². The molecule has 0 saturated heterocycles. The lowest BCUT2D eigenvalue weighted by Gasteiger charge is -2.10. The number of benzene rings is 6. The van der Waals surface area contributed by atoms with Gasteiger partial charge in [-0.1, -0.05) is 121 Å². The van der Waals surface area contributed by atoms with Gasteiger partial charge in [0.15, 0.2) is 11.6 Å². The van der Waals surface area contributed by atoms with Gasteiger partial charge in [0.25, 0.3) is 0 Å². The van der Waals surface area contributed by atoms with Crippen LogP contribution in [0.25, 0.3) is 98.4 Å². The molecule has 0 aliphatic carbocycles. The van der Waals surface area contributed by atoms with E-state index in [9.17, 15) is 0 Å². The lowest BCUT2D eigenvalue weighted by atomic mass is 10.0. The van der Waals surface area contributed by atoms with E-state index in [1.165, 1.54) is 4.70 Å². The molecule has 0 atom stereocenters. The van der Waals surface area contributed by atoms with Crippen LogP contribution >= 0.6 is 11.3 Å². The largest absolute Gasteiger partial charge is 0.455 e. The summed E-state index contributed by atoms with van der Waals surface area (Å²) in [5.74, 6) is 1.28. The van der Waals surface area contributed by atoms with E-state index in [1.807, 2.05) is 54.6 Å². The molecule has 4 aromatic heterocycles. The maximum absolute atomic E-state index is 6.70. The zero-order chi connectivity index (χ0) is 31.6. The minimum absolute atomic E-state index is 0.629. The van der Waals surface area contributed by atoms with Crippen LogP contribution in [0.5, 0.6) is 0 Å². The molecular weight excluding hydrogens is 609 g/mol. The molecule has 0 bridgehead atoms. The van der Waals surface area contributed by atoms with Gasteiger partial charge in [0.2, 0.25) is 0 Å². The second-order valence-electron chi connectivity index (χ2n) is 11.8. The molecular formula is C42H24N4OS. The monoisotopic (exact) mass is 632 g/mol. The predicted molar refractivity (Wildman–Crippen MR) is 197 cm³/mol. The average Bonchev–Trinajstić information content (AvgIpc) is 3.73. The molecule has 0 aliphatic heterocycles. The highest BCUT2D eigenvalue weighted by atomic mass is 32.1. The molecule has 0 N–H and O–H groups in total. The number of thiophene rings is 1. The number of nitrogens with zero attached hydrogens (tertiary/aromatic N) is 4. The molecule has 0 spiro atoms. The third kappa shape index (κ3) is 4.16. The summed E-state index contributed by atoms with van der Waals surface area (Å²) < 4.78 is 8.96. The Morgan fingerprint density at radius 3 is 1.92 bits per heavy atom. The Balaban J connectivity index is 1.23. The number of hydrogen-bond donors (Lipinski definition) is 0. The van der Waals surface area contributed by atoms with Crippen LogP contribution in [0.1, 0.15) is 0 Å². The summed E-state index contributed by atoms with van der Waals surface area (Å²) >= 11 is 1.73. The Labute approximate surface area is 278 Å². The van der Waals surface area contributed by atoms with Gasteiger partial charge in [-0.3, -0.25) is 0 Å². The molecule has 10 aromatic rings. The molecule has 48 heavy (non-hydrogen) atoms. The van der Waals surface area contributed by atoms with Gasteiger partial charge in [-0.25, -0.2) is 19.9 Å². The maximum atomic E-state index is 6.70. The van der Waals surface area contributed by atoms with Crippen molar-refractivity contribution in [2.75, 3.05) is 0 Å². The third-order valence-corrected chi connectivity index (χ3v) is 10.1. The first-order chi connectivity index (χ1) is 23.8. The van der Waals surface area contributed by atoms with E-state index >= 15 is 0 Å². The molecule has 10 rings (SSSR count). The van der Waals surface area contributed by atoms with Crippen LogP contribution < -0.4 is 0 Å². The fraction of sp³-hybridized carbons (Fsp3) is 0. The van der Waals surface area contributed by atoms with Gasteiger partial charge in [-0.2, -0.15) is 0 Å². The molecule has 6 heteroatoms. The van der Waals surface area contributed by atoms with Crippen molar-refractivity contribution >= 4 is 64.5 Å². The summed E-state index contributed by atoms with van der Waals surface area (Å²) in [6.45, 7) is 0. The quantitative estimate of drug-likeness (QED) is 0.193. The highest BCUT2D eigenvalue weighted by Crippen LogP contribution is 2.43. The summed E-state index contributed by atoms with van der Waals surface area (Å²) in [6.07, 6.45) is 0. The lowest BCUT2D eigenvalue weighted by Crippen LogP contribution is -1.95. The van der Waals surface area contributed by atoms with Gasteiger partial charge < -0.3 is 4.42 Å². The first kappa shape index (κ1) is 26.9. The van der Waals surface area contributed by atoms with Gasteiger partial charge in [0.1, 0.15) is 11.2 Å². The maximum Gasteiger partial charge on any atom is 0.164 e. The minimum Gasteiger partial charge on any atom is -0.455 e. The molecule has 6 aromatic carbocycles. The Bertz CT molecular complexity index is 2840. The van der Waals surface area contributed by atoms with Crippen molar-refractivity contribution in [2.24, 2.45) is 0 Å². The lowest BCUT2D eigenvalue weighted by molar-refractivity contribution is 0.669. The van der Waals surface area contributed by atoms with Gasteiger partial charge in [0.05, 0.1) is 32.7 Å². The zero-order valence-corrected chi connectivity index (χ0v) is 26.3. The standard InChI is InChI=1S/C42H24N4OS/c1-3-13-25(14-4-1)36-27-17-7-9-22-32(27)43-41(44-36)30-20-12-23-33-35(30)29-19-11-21-31(39(29)47-33)42-45-37(26-15-5-2-6-16-26)40-38(46-42)28-18-8-10-24-34(28)48-40/h1-24H. The van der Waals surface area contributed by atoms with Gasteiger partial charge in [0, 0.05) is 42.9 Å². The molecule has 0 amide bonds. The summed E-state index contributed by atoms with van der Waals surface area (Å²) in [5.41, 5.74) is 9.02. The number of para-hydroxylation sites is 2. The SMILES string of the molecule is c1ccc(-c2nc(-c3cccc4oc5c(-c6nc(-c7ccccc7)c7sc8ccccc8c7n6)cccc5c34)nc3ccccc23)cc1.